The van der Waals surface area contributed by atoms with Gasteiger partial charge in [0.2, 0.25) is 0 Å². The number of nitrogens with one attached hydrogen (secondary N) is 1. The summed E-state index contributed by atoms with van der Waals surface area (Å²) >= 11 is 0. The molecule has 142 valence electrons. The number of phenolic OH excluding ortho intramolecular Hbond substituents is 1. The number of methoxy groups -OCH3 is 1. The summed E-state index contributed by atoms with van der Waals surface area (Å²) in [6.07, 6.45) is 0. The monoisotopic (exact) mass is 371 g/mol. The fraction of sp³-hybridized carbons (Fsp3) is 0.389. The lowest BCUT2D eigenvalue weighted by molar-refractivity contribution is -0.432. The molecule has 3 rings (SSSR count). The number of nitriles is 1. The van der Waals surface area contributed by atoms with Gasteiger partial charge in [-0.15, -0.1) is 0 Å². The highest BCUT2D eigenvalue weighted by atomic mass is 16.6. The van der Waals surface area contributed by atoms with Gasteiger partial charge in [-0.25, -0.2) is 0 Å². The smallest absolute Gasteiger partial charge is 0.299 e. The Labute approximate surface area is 156 Å². The molecule has 1 saturated heterocycles. The van der Waals surface area contributed by atoms with Gasteiger partial charge in [0.25, 0.3) is 5.70 Å². The fourth-order valence-electron chi connectivity index (χ4n) is 3.54. The number of fused-ring (bicyclic) bond motifs is 1. The summed E-state index contributed by atoms with van der Waals surface area (Å²) in [4.78, 5) is 13.0. The first kappa shape index (κ1) is 18.4. The number of nitrogens with two attached hydrogens (primary N) is 1. The summed E-state index contributed by atoms with van der Waals surface area (Å²) in [5.74, 6) is -0.806. The molecule has 27 heavy (non-hydrogen) atoms. The molecular formula is C18H21N5O4. The predicted octanol–water partition coefficient (Wildman–Crippen LogP) is 1.57. The highest BCUT2D eigenvalue weighted by molar-refractivity contribution is 5.56. The Morgan fingerprint density at radius 1 is 1.52 bits per heavy atom. The maximum Gasteiger partial charge on any atom is 0.299 e. The largest absolute Gasteiger partial charge is 0.504 e. The van der Waals surface area contributed by atoms with Crippen LogP contribution < -0.4 is 15.8 Å². The molecule has 9 nitrogen and oxygen atoms in total. The molecule has 2 aliphatic rings. The third-order valence-electron chi connectivity index (χ3n) is 4.84. The number of nitro groups is 1. The number of aromatic hydroxyl groups is 1. The van der Waals surface area contributed by atoms with Crippen molar-refractivity contribution in [3.8, 4) is 17.6 Å². The van der Waals surface area contributed by atoms with E-state index in [2.05, 4.69) is 5.32 Å². The molecule has 1 aromatic carbocycles. The van der Waals surface area contributed by atoms with Gasteiger partial charge in [-0.3, -0.25) is 10.1 Å². The molecule has 9 heteroatoms. The second kappa shape index (κ2) is 6.39. The van der Waals surface area contributed by atoms with Gasteiger partial charge >= 0.3 is 0 Å². The van der Waals surface area contributed by atoms with Gasteiger partial charge in [-0.05, 0) is 6.07 Å². The van der Waals surface area contributed by atoms with Crippen molar-refractivity contribution < 1.29 is 14.8 Å². The maximum atomic E-state index is 12.0. The standard InChI is InChI=1S/C18H21N5O4/c1-18(2)8-21-17-14(23(25)26)13(11(7-19)16(20)22(17)9-18)10-5-4-6-12(27-3)15(10)24/h4-6,13,21,24H,8-9,20H2,1-3H3. The van der Waals surface area contributed by atoms with E-state index in [1.807, 2.05) is 19.9 Å². The predicted molar refractivity (Wildman–Crippen MR) is 96.7 cm³/mol. The van der Waals surface area contributed by atoms with E-state index in [1.165, 1.54) is 19.2 Å². The van der Waals surface area contributed by atoms with E-state index in [4.69, 9.17) is 10.5 Å². The number of hydrogen-bond acceptors (Lipinski definition) is 8. The van der Waals surface area contributed by atoms with Crippen molar-refractivity contribution in [2.24, 2.45) is 11.1 Å². The van der Waals surface area contributed by atoms with Crippen molar-refractivity contribution >= 4 is 0 Å². The lowest BCUT2D eigenvalue weighted by Crippen LogP contribution is -2.53. The first-order valence-corrected chi connectivity index (χ1v) is 8.37. The van der Waals surface area contributed by atoms with Crippen LogP contribution in [-0.2, 0) is 0 Å². The van der Waals surface area contributed by atoms with Crippen LogP contribution in [-0.4, -0.2) is 35.1 Å². The van der Waals surface area contributed by atoms with Crippen LogP contribution >= 0.6 is 0 Å². The summed E-state index contributed by atoms with van der Waals surface area (Å²) < 4.78 is 5.11. The molecule has 1 aromatic rings. The second-order valence-corrected chi connectivity index (χ2v) is 7.34. The van der Waals surface area contributed by atoms with Crippen LogP contribution in [0.2, 0.25) is 0 Å². The first-order chi connectivity index (χ1) is 12.7. The number of hydrogen-bond donors (Lipinski definition) is 3. The Morgan fingerprint density at radius 3 is 2.81 bits per heavy atom. The molecule has 4 N–H and O–H groups in total. The third-order valence-corrected chi connectivity index (χ3v) is 4.84. The molecule has 1 atom stereocenters. The van der Waals surface area contributed by atoms with Crippen molar-refractivity contribution in [1.29, 1.82) is 5.26 Å². The van der Waals surface area contributed by atoms with Crippen molar-refractivity contribution in [3.63, 3.8) is 0 Å². The first-order valence-electron chi connectivity index (χ1n) is 8.37. The molecule has 0 amide bonds. The Hall–Kier alpha value is -3.41. The molecule has 0 spiro atoms. The van der Waals surface area contributed by atoms with Crippen LogP contribution in [0.1, 0.15) is 25.3 Å². The van der Waals surface area contributed by atoms with Gasteiger partial charge in [0, 0.05) is 24.1 Å². The van der Waals surface area contributed by atoms with Crippen molar-refractivity contribution in [2.45, 2.75) is 19.8 Å². The number of para-hydroxylation sites is 1. The van der Waals surface area contributed by atoms with Crippen LogP contribution in [0.25, 0.3) is 0 Å². The highest BCUT2D eigenvalue weighted by Crippen LogP contribution is 2.46. The number of benzene rings is 1. The summed E-state index contributed by atoms with van der Waals surface area (Å²) in [6, 6.07) is 6.67. The number of nitrogens with zero attached hydrogens (tertiary/aromatic N) is 3. The zero-order valence-corrected chi connectivity index (χ0v) is 15.3. The second-order valence-electron chi connectivity index (χ2n) is 7.34. The lowest BCUT2D eigenvalue weighted by Gasteiger charge is -2.44. The molecule has 1 unspecified atom stereocenters. The molecule has 0 aromatic heterocycles. The van der Waals surface area contributed by atoms with Crippen LogP contribution in [0, 0.1) is 26.9 Å². The van der Waals surface area contributed by atoms with Gasteiger partial charge in [0.1, 0.15) is 11.7 Å². The normalized spacial score (nSPS) is 21.3. The average Bonchev–Trinajstić information content (AvgIpc) is 2.61. The fourth-order valence-corrected chi connectivity index (χ4v) is 3.54. The van der Waals surface area contributed by atoms with E-state index in [9.17, 15) is 20.5 Å². The summed E-state index contributed by atoms with van der Waals surface area (Å²) in [5, 5.41) is 35.4. The zero-order chi connectivity index (χ0) is 19.9. The van der Waals surface area contributed by atoms with Crippen molar-refractivity contribution in [3.05, 3.63) is 56.8 Å². The van der Waals surface area contributed by atoms with E-state index in [0.29, 0.717) is 13.1 Å². The molecular weight excluding hydrogens is 350 g/mol. The third kappa shape index (κ3) is 2.89. The minimum Gasteiger partial charge on any atom is -0.504 e. The van der Waals surface area contributed by atoms with Crippen LogP contribution in [0.15, 0.2) is 41.1 Å². The van der Waals surface area contributed by atoms with Gasteiger partial charge in [-0.1, -0.05) is 26.0 Å². The lowest BCUT2D eigenvalue weighted by atomic mass is 9.83. The summed E-state index contributed by atoms with van der Waals surface area (Å²) in [7, 11) is 1.38. The van der Waals surface area contributed by atoms with E-state index in [-0.39, 0.29) is 45.4 Å². The average molecular weight is 371 g/mol. The van der Waals surface area contributed by atoms with E-state index in [1.54, 1.807) is 11.0 Å². The van der Waals surface area contributed by atoms with E-state index >= 15 is 0 Å². The number of ether oxygens (including phenoxy) is 1. The molecule has 1 fully saturated rings. The van der Waals surface area contributed by atoms with E-state index < -0.39 is 10.8 Å². The van der Waals surface area contributed by atoms with Gasteiger partial charge in [0.05, 0.1) is 23.7 Å². The molecule has 2 aliphatic heterocycles. The summed E-state index contributed by atoms with van der Waals surface area (Å²) in [5.41, 5.74) is 6.05. The number of allylic oxidation sites excluding steroid dienone is 1. The minimum atomic E-state index is -1.11. The van der Waals surface area contributed by atoms with Crippen LogP contribution in [0.5, 0.6) is 11.5 Å². The zero-order valence-electron chi connectivity index (χ0n) is 15.3. The SMILES string of the molecule is COc1cccc(C2C(C#N)=C(N)N3CC(C)(C)CNC3=C2[N+](=O)[O-])c1O. The Bertz CT molecular complexity index is 913. The van der Waals surface area contributed by atoms with E-state index in [0.717, 1.165) is 0 Å². The Balaban J connectivity index is 2.27. The minimum absolute atomic E-state index is 0.0218. The van der Waals surface area contributed by atoms with Crippen LogP contribution in [0.3, 0.4) is 0 Å². The number of phenols is 1. The summed E-state index contributed by atoms with van der Waals surface area (Å²) in [6.45, 7) is 4.95. The topological polar surface area (TPSA) is 138 Å². The molecule has 0 aliphatic carbocycles. The van der Waals surface area contributed by atoms with Crippen LogP contribution in [0.4, 0.5) is 0 Å². The van der Waals surface area contributed by atoms with Gasteiger partial charge in [0.15, 0.2) is 17.3 Å². The van der Waals surface area contributed by atoms with Crippen molar-refractivity contribution in [1.82, 2.24) is 10.2 Å². The van der Waals surface area contributed by atoms with Crippen molar-refractivity contribution in [2.75, 3.05) is 20.2 Å². The highest BCUT2D eigenvalue weighted by Gasteiger charge is 2.47. The Kier molecular flexibility index (Phi) is 4.35. The number of rotatable bonds is 3. The molecule has 0 saturated carbocycles. The van der Waals surface area contributed by atoms with Gasteiger partial charge in [-0.2, -0.15) is 5.26 Å². The molecule has 0 bridgehead atoms. The quantitative estimate of drug-likeness (QED) is 0.538. The Morgan fingerprint density at radius 2 is 2.22 bits per heavy atom. The maximum absolute atomic E-state index is 12.0. The molecule has 0 radical (unpaired) electrons. The molecule has 2 heterocycles. The van der Waals surface area contributed by atoms with Gasteiger partial charge < -0.3 is 25.8 Å².